The van der Waals surface area contributed by atoms with Crippen LogP contribution in [0.2, 0.25) is 0 Å². The van der Waals surface area contributed by atoms with Crippen LogP contribution >= 0.6 is 0 Å². The van der Waals surface area contributed by atoms with Gasteiger partial charge in [-0.05, 0) is 18.1 Å². The van der Waals surface area contributed by atoms with Gasteiger partial charge in [0.2, 0.25) is 11.8 Å². The molecule has 0 aliphatic carbocycles. The first-order chi connectivity index (χ1) is 12.0. The zero-order valence-corrected chi connectivity index (χ0v) is 14.8. The van der Waals surface area contributed by atoms with Gasteiger partial charge in [-0.1, -0.05) is 13.8 Å². The van der Waals surface area contributed by atoms with Gasteiger partial charge in [-0.25, -0.2) is 4.98 Å². The van der Waals surface area contributed by atoms with E-state index in [-0.39, 0.29) is 23.9 Å². The molecular formula is C18H23N3O4. The minimum absolute atomic E-state index is 0.0804. The molecule has 3 saturated heterocycles. The molecule has 7 heteroatoms. The van der Waals surface area contributed by atoms with Crippen LogP contribution in [0.15, 0.2) is 18.3 Å². The molecule has 0 radical (unpaired) electrons. The van der Waals surface area contributed by atoms with E-state index in [4.69, 9.17) is 9.47 Å². The highest BCUT2D eigenvalue weighted by atomic mass is 16.5. The number of nitrogens with zero attached hydrogens (tertiary/aromatic N) is 3. The molecule has 4 heterocycles. The fourth-order valence-electron chi connectivity index (χ4n) is 4.48. The Hall–Kier alpha value is -2.15. The van der Waals surface area contributed by atoms with Crippen LogP contribution in [0.5, 0.6) is 5.88 Å². The maximum Gasteiger partial charge on any atom is 0.259 e. The van der Waals surface area contributed by atoms with Crippen LogP contribution < -0.4 is 4.74 Å². The summed E-state index contributed by atoms with van der Waals surface area (Å²) in [5, 5.41) is 0. The lowest BCUT2D eigenvalue weighted by molar-refractivity contribution is -0.139. The van der Waals surface area contributed by atoms with Gasteiger partial charge in [-0.15, -0.1) is 0 Å². The van der Waals surface area contributed by atoms with Crippen LogP contribution in [0.25, 0.3) is 0 Å². The normalized spacial score (nSPS) is 30.8. The monoisotopic (exact) mass is 345 g/mol. The lowest BCUT2D eigenvalue weighted by Gasteiger charge is -2.34. The van der Waals surface area contributed by atoms with E-state index in [1.54, 1.807) is 23.2 Å². The zero-order valence-electron chi connectivity index (χ0n) is 14.8. The van der Waals surface area contributed by atoms with E-state index in [0.717, 1.165) is 0 Å². The summed E-state index contributed by atoms with van der Waals surface area (Å²) in [6, 6.07) is 3.26. The Morgan fingerprint density at radius 3 is 3.00 bits per heavy atom. The molecule has 1 aromatic rings. The minimum Gasteiger partial charge on any atom is -0.480 e. The molecule has 134 valence electrons. The number of hydrogen-bond acceptors (Lipinski definition) is 5. The smallest absolute Gasteiger partial charge is 0.259 e. The van der Waals surface area contributed by atoms with Gasteiger partial charge in [-0.3, -0.25) is 9.59 Å². The van der Waals surface area contributed by atoms with Crippen molar-refractivity contribution in [3.8, 4) is 5.88 Å². The summed E-state index contributed by atoms with van der Waals surface area (Å²) in [4.78, 5) is 33.6. The summed E-state index contributed by atoms with van der Waals surface area (Å²) < 4.78 is 11.4. The first-order valence-corrected chi connectivity index (χ1v) is 8.75. The summed E-state index contributed by atoms with van der Waals surface area (Å²) in [6.07, 6.45) is 2.56. The van der Waals surface area contributed by atoms with Gasteiger partial charge in [0, 0.05) is 19.2 Å². The van der Waals surface area contributed by atoms with Crippen molar-refractivity contribution < 1.29 is 19.1 Å². The molecule has 0 bridgehead atoms. The average Bonchev–Trinajstić information content (AvgIpc) is 3.23. The first kappa shape index (κ1) is 16.3. The predicted octanol–water partition coefficient (Wildman–Crippen LogP) is 1.29. The second-order valence-corrected chi connectivity index (χ2v) is 7.26. The van der Waals surface area contributed by atoms with Gasteiger partial charge in [0.15, 0.2) is 5.72 Å². The summed E-state index contributed by atoms with van der Waals surface area (Å²) in [6.45, 7) is 5.31. The van der Waals surface area contributed by atoms with E-state index in [1.807, 2.05) is 4.90 Å². The van der Waals surface area contributed by atoms with E-state index in [9.17, 15) is 9.59 Å². The Bertz CT molecular complexity index is 722. The van der Waals surface area contributed by atoms with E-state index in [0.29, 0.717) is 43.4 Å². The number of aromatic nitrogens is 1. The van der Waals surface area contributed by atoms with Crippen LogP contribution in [0.1, 0.15) is 37.0 Å². The van der Waals surface area contributed by atoms with Crippen LogP contribution in [0.4, 0.5) is 0 Å². The number of hydrogen-bond donors (Lipinski definition) is 0. The molecule has 1 spiro atoms. The fraction of sp³-hybridized carbons (Fsp3) is 0.611. The Balaban J connectivity index is 1.66. The molecule has 4 rings (SSSR count). The van der Waals surface area contributed by atoms with E-state index < -0.39 is 5.72 Å². The second kappa shape index (κ2) is 5.69. The van der Waals surface area contributed by atoms with Gasteiger partial charge >= 0.3 is 0 Å². The van der Waals surface area contributed by atoms with Crippen molar-refractivity contribution >= 4 is 11.8 Å². The van der Waals surface area contributed by atoms with Crippen molar-refractivity contribution in [1.82, 2.24) is 14.8 Å². The van der Waals surface area contributed by atoms with Crippen molar-refractivity contribution in [3.63, 3.8) is 0 Å². The standard InChI is InChI=1S/C18H23N3O4/c1-11(2)13-10-25-18-6-8-20(14(18)9-15(22)21(13)18)17(23)12-5-4-7-19-16(12)24-3/h4-5,7,11,13-14H,6,8-10H2,1-3H3/t13-,14+,18-/m0/s1. The summed E-state index contributed by atoms with van der Waals surface area (Å²) in [7, 11) is 1.50. The number of rotatable bonds is 3. The molecule has 2 amide bonds. The molecule has 0 unspecified atom stereocenters. The topological polar surface area (TPSA) is 72.0 Å². The van der Waals surface area contributed by atoms with Gasteiger partial charge in [0.1, 0.15) is 5.56 Å². The van der Waals surface area contributed by atoms with Gasteiger partial charge in [0.05, 0.1) is 32.2 Å². The van der Waals surface area contributed by atoms with Crippen molar-refractivity contribution in [1.29, 1.82) is 0 Å². The highest BCUT2D eigenvalue weighted by Crippen LogP contribution is 2.49. The molecule has 0 aromatic carbocycles. The number of amides is 2. The average molecular weight is 345 g/mol. The Morgan fingerprint density at radius 2 is 2.28 bits per heavy atom. The Morgan fingerprint density at radius 1 is 1.48 bits per heavy atom. The maximum absolute atomic E-state index is 13.1. The molecule has 1 aromatic heterocycles. The molecule has 0 N–H and O–H groups in total. The summed E-state index contributed by atoms with van der Waals surface area (Å²) in [5.41, 5.74) is -0.233. The summed E-state index contributed by atoms with van der Waals surface area (Å²) in [5.74, 6) is 0.558. The van der Waals surface area contributed by atoms with Gasteiger partial charge in [0.25, 0.3) is 5.91 Å². The minimum atomic E-state index is -0.656. The second-order valence-electron chi connectivity index (χ2n) is 7.26. The van der Waals surface area contributed by atoms with Crippen LogP contribution in [-0.4, -0.2) is 64.7 Å². The molecule has 0 saturated carbocycles. The molecule has 3 atom stereocenters. The molecule has 3 aliphatic rings. The quantitative estimate of drug-likeness (QED) is 0.825. The molecule has 3 fully saturated rings. The summed E-state index contributed by atoms with van der Waals surface area (Å²) >= 11 is 0. The molecule has 7 nitrogen and oxygen atoms in total. The van der Waals surface area contributed by atoms with E-state index in [1.165, 1.54) is 7.11 Å². The zero-order chi connectivity index (χ0) is 17.8. The third kappa shape index (κ3) is 2.18. The number of carbonyl (C=O) groups is 2. The van der Waals surface area contributed by atoms with Crippen molar-refractivity contribution in [2.45, 2.75) is 44.5 Å². The predicted molar refractivity (Wildman–Crippen MR) is 89.0 cm³/mol. The molecular weight excluding hydrogens is 322 g/mol. The van der Waals surface area contributed by atoms with Crippen LogP contribution in [0, 0.1) is 5.92 Å². The first-order valence-electron chi connectivity index (χ1n) is 8.75. The number of likely N-dealkylation sites (tertiary alicyclic amines) is 1. The van der Waals surface area contributed by atoms with Crippen molar-refractivity contribution in [3.05, 3.63) is 23.9 Å². The number of carbonyl (C=O) groups excluding carboxylic acids is 2. The molecule has 3 aliphatic heterocycles. The van der Waals surface area contributed by atoms with Crippen LogP contribution in [-0.2, 0) is 9.53 Å². The molecule has 25 heavy (non-hydrogen) atoms. The highest BCUT2D eigenvalue weighted by molar-refractivity contribution is 5.97. The fourth-order valence-corrected chi connectivity index (χ4v) is 4.48. The van der Waals surface area contributed by atoms with Crippen molar-refractivity contribution in [2.75, 3.05) is 20.3 Å². The maximum atomic E-state index is 13.1. The van der Waals surface area contributed by atoms with Gasteiger partial charge in [-0.2, -0.15) is 0 Å². The number of pyridine rings is 1. The SMILES string of the molecule is COc1ncccc1C(=O)N1CC[C@@]23OC[C@@H](C(C)C)N2C(=O)C[C@@H]13. The van der Waals surface area contributed by atoms with Gasteiger partial charge < -0.3 is 19.3 Å². The van der Waals surface area contributed by atoms with Crippen LogP contribution in [0.3, 0.4) is 0 Å². The number of methoxy groups -OCH3 is 1. The Kier molecular flexibility index (Phi) is 3.72. The third-order valence-electron chi connectivity index (χ3n) is 5.71. The highest BCUT2D eigenvalue weighted by Gasteiger charge is 2.65. The number of ether oxygens (including phenoxy) is 2. The lowest BCUT2D eigenvalue weighted by atomic mass is 10.0. The Labute approximate surface area is 146 Å². The van der Waals surface area contributed by atoms with Crippen molar-refractivity contribution in [2.24, 2.45) is 5.92 Å². The van der Waals surface area contributed by atoms with E-state index in [2.05, 4.69) is 18.8 Å². The third-order valence-corrected chi connectivity index (χ3v) is 5.71. The van der Waals surface area contributed by atoms with E-state index >= 15 is 0 Å². The lowest BCUT2D eigenvalue weighted by Crippen LogP contribution is -2.51. The largest absolute Gasteiger partial charge is 0.480 e.